The first-order chi connectivity index (χ1) is 9.87. The predicted octanol–water partition coefficient (Wildman–Crippen LogP) is 1.75. The van der Waals surface area contributed by atoms with Gasteiger partial charge in [-0.2, -0.15) is 0 Å². The largest absolute Gasteiger partial charge is 0.481 e. The first-order valence-electron chi connectivity index (χ1n) is 7.50. The van der Waals surface area contributed by atoms with Crippen LogP contribution in [0.2, 0.25) is 0 Å². The summed E-state index contributed by atoms with van der Waals surface area (Å²) in [5.74, 6) is -0.913. The van der Waals surface area contributed by atoms with Crippen molar-refractivity contribution in [3.63, 3.8) is 0 Å². The van der Waals surface area contributed by atoms with Gasteiger partial charge in [0, 0.05) is 18.1 Å². The van der Waals surface area contributed by atoms with Gasteiger partial charge in [0.05, 0.1) is 12.0 Å². The Bertz CT molecular complexity index is 501. The molecule has 5 heteroatoms. The molecule has 0 aromatic rings. The lowest BCUT2D eigenvalue weighted by molar-refractivity contribution is -0.206. The minimum atomic E-state index is -0.760. The maximum absolute atomic E-state index is 11.8. The van der Waals surface area contributed by atoms with Crippen molar-refractivity contribution in [2.75, 3.05) is 13.2 Å². The van der Waals surface area contributed by atoms with Crippen LogP contribution in [-0.4, -0.2) is 35.4 Å². The molecule has 0 aliphatic heterocycles. The molecule has 0 saturated heterocycles. The van der Waals surface area contributed by atoms with E-state index in [0.717, 1.165) is 25.3 Å². The van der Waals surface area contributed by atoms with E-state index in [4.69, 9.17) is 4.74 Å². The van der Waals surface area contributed by atoms with Crippen LogP contribution in [0.3, 0.4) is 0 Å². The number of aliphatic hydroxyl groups excluding tert-OH is 1. The minimum Gasteiger partial charge on any atom is -0.481 e. The van der Waals surface area contributed by atoms with E-state index in [9.17, 15) is 19.8 Å². The van der Waals surface area contributed by atoms with Crippen molar-refractivity contribution in [1.29, 1.82) is 0 Å². The van der Waals surface area contributed by atoms with Crippen molar-refractivity contribution in [3.05, 3.63) is 12.7 Å². The standard InChI is InChI=1S/C16H22O5/c1-2-12(18)21-10-15-4-11-3-14(6-15,9-17)7-16(5-11,8-15)13(19)20/h2,11,17H,1,3-10H2,(H,19,20). The summed E-state index contributed by atoms with van der Waals surface area (Å²) >= 11 is 0. The van der Waals surface area contributed by atoms with Gasteiger partial charge in [0.25, 0.3) is 0 Å². The molecule has 4 aliphatic carbocycles. The lowest BCUT2D eigenvalue weighted by Crippen LogP contribution is -2.61. The van der Waals surface area contributed by atoms with Crippen LogP contribution in [0.25, 0.3) is 0 Å². The molecule has 116 valence electrons. The number of rotatable bonds is 5. The number of carbonyl (C=O) groups excluding carboxylic acids is 1. The summed E-state index contributed by atoms with van der Waals surface area (Å²) in [4.78, 5) is 23.2. The molecule has 21 heavy (non-hydrogen) atoms. The second-order valence-electron chi connectivity index (χ2n) is 7.56. The summed E-state index contributed by atoms with van der Waals surface area (Å²) in [7, 11) is 0. The average Bonchev–Trinajstić information content (AvgIpc) is 2.43. The maximum Gasteiger partial charge on any atom is 0.330 e. The van der Waals surface area contributed by atoms with E-state index >= 15 is 0 Å². The average molecular weight is 294 g/mol. The predicted molar refractivity (Wildman–Crippen MR) is 74.4 cm³/mol. The van der Waals surface area contributed by atoms with E-state index in [2.05, 4.69) is 6.58 Å². The molecule has 0 spiro atoms. The van der Waals surface area contributed by atoms with Crippen LogP contribution in [0.4, 0.5) is 0 Å². The summed E-state index contributed by atoms with van der Waals surface area (Å²) in [5, 5.41) is 19.6. The number of aliphatic hydroxyl groups is 1. The minimum absolute atomic E-state index is 0.0235. The Kier molecular flexibility index (Phi) is 3.17. The van der Waals surface area contributed by atoms with Gasteiger partial charge in [0.2, 0.25) is 0 Å². The molecule has 2 N–H and O–H groups in total. The van der Waals surface area contributed by atoms with Crippen LogP contribution >= 0.6 is 0 Å². The highest BCUT2D eigenvalue weighted by molar-refractivity contribution is 5.81. The molecule has 0 aromatic carbocycles. The number of carboxylic acid groups (broad SMARTS) is 1. The zero-order valence-corrected chi connectivity index (χ0v) is 12.1. The molecular weight excluding hydrogens is 272 g/mol. The van der Waals surface area contributed by atoms with Gasteiger partial charge in [-0.25, -0.2) is 4.79 Å². The Balaban J connectivity index is 1.90. The van der Waals surface area contributed by atoms with Gasteiger partial charge in [0.15, 0.2) is 0 Å². The Morgan fingerprint density at radius 2 is 1.86 bits per heavy atom. The summed E-state index contributed by atoms with van der Waals surface area (Å²) in [6.45, 7) is 3.65. The van der Waals surface area contributed by atoms with Crippen molar-refractivity contribution < 1.29 is 24.5 Å². The third-order valence-electron chi connectivity index (χ3n) is 5.78. The molecule has 4 aliphatic rings. The molecule has 4 saturated carbocycles. The van der Waals surface area contributed by atoms with E-state index in [1.54, 1.807) is 0 Å². The van der Waals surface area contributed by atoms with E-state index in [1.165, 1.54) is 0 Å². The summed E-state index contributed by atoms with van der Waals surface area (Å²) in [6.07, 6.45) is 5.49. The fraction of sp³-hybridized carbons (Fsp3) is 0.750. The third kappa shape index (κ3) is 2.18. The number of esters is 1. The van der Waals surface area contributed by atoms with E-state index in [1.807, 2.05) is 0 Å². The zero-order valence-electron chi connectivity index (χ0n) is 12.1. The van der Waals surface area contributed by atoms with Crippen LogP contribution in [0, 0.1) is 22.2 Å². The molecule has 4 rings (SSSR count). The lowest BCUT2D eigenvalue weighted by Gasteiger charge is -2.64. The summed E-state index contributed by atoms with van der Waals surface area (Å²) in [5.41, 5.74) is -1.35. The van der Waals surface area contributed by atoms with Gasteiger partial charge in [-0.05, 0) is 49.9 Å². The molecular formula is C16H22O5. The van der Waals surface area contributed by atoms with Crippen molar-refractivity contribution in [3.8, 4) is 0 Å². The van der Waals surface area contributed by atoms with Gasteiger partial charge in [-0.3, -0.25) is 4.79 Å². The van der Waals surface area contributed by atoms with E-state index in [0.29, 0.717) is 25.2 Å². The quantitative estimate of drug-likeness (QED) is 0.596. The first kappa shape index (κ1) is 14.6. The van der Waals surface area contributed by atoms with Gasteiger partial charge >= 0.3 is 11.9 Å². The van der Waals surface area contributed by atoms with Crippen LogP contribution in [0.15, 0.2) is 12.7 Å². The number of hydrogen-bond donors (Lipinski definition) is 2. The van der Waals surface area contributed by atoms with Gasteiger partial charge in [0.1, 0.15) is 0 Å². The molecule has 4 fully saturated rings. The topological polar surface area (TPSA) is 83.8 Å². The van der Waals surface area contributed by atoms with Gasteiger partial charge in [-0.1, -0.05) is 6.58 Å². The summed E-state index contributed by atoms with van der Waals surface area (Å²) < 4.78 is 5.26. The van der Waals surface area contributed by atoms with Crippen molar-refractivity contribution >= 4 is 11.9 Å². The first-order valence-corrected chi connectivity index (χ1v) is 7.50. The Labute approximate surface area is 124 Å². The van der Waals surface area contributed by atoms with Crippen LogP contribution in [-0.2, 0) is 14.3 Å². The maximum atomic E-state index is 11.8. The third-order valence-corrected chi connectivity index (χ3v) is 5.78. The second kappa shape index (κ2) is 4.57. The fourth-order valence-corrected chi connectivity index (χ4v) is 5.70. The Hall–Kier alpha value is -1.36. The van der Waals surface area contributed by atoms with E-state index in [-0.39, 0.29) is 24.0 Å². The molecule has 0 amide bonds. The monoisotopic (exact) mass is 294 g/mol. The highest BCUT2D eigenvalue weighted by Crippen LogP contribution is 2.69. The molecule has 0 radical (unpaired) electrons. The number of hydrogen-bond acceptors (Lipinski definition) is 4. The second-order valence-corrected chi connectivity index (χ2v) is 7.56. The van der Waals surface area contributed by atoms with Crippen molar-refractivity contribution in [2.45, 2.75) is 38.5 Å². The fourth-order valence-electron chi connectivity index (χ4n) is 5.70. The molecule has 0 heterocycles. The van der Waals surface area contributed by atoms with Crippen molar-refractivity contribution in [2.24, 2.45) is 22.2 Å². The highest BCUT2D eigenvalue weighted by atomic mass is 16.5. The smallest absolute Gasteiger partial charge is 0.330 e. The molecule has 4 bridgehead atoms. The molecule has 4 atom stereocenters. The lowest BCUT2D eigenvalue weighted by atomic mass is 9.40. The van der Waals surface area contributed by atoms with Crippen LogP contribution in [0.5, 0.6) is 0 Å². The number of carboxylic acids is 1. The molecule has 5 nitrogen and oxygen atoms in total. The van der Waals surface area contributed by atoms with Gasteiger partial charge < -0.3 is 14.9 Å². The Morgan fingerprint density at radius 3 is 2.48 bits per heavy atom. The van der Waals surface area contributed by atoms with E-state index < -0.39 is 17.4 Å². The molecule has 0 aromatic heterocycles. The SMILES string of the molecule is C=CC(=O)OCC12CC3CC(CO)(C1)CC(C(=O)O)(C3)C2. The highest BCUT2D eigenvalue weighted by Gasteiger charge is 2.66. The number of aliphatic carboxylic acids is 1. The van der Waals surface area contributed by atoms with Crippen LogP contribution < -0.4 is 0 Å². The van der Waals surface area contributed by atoms with Crippen molar-refractivity contribution in [1.82, 2.24) is 0 Å². The van der Waals surface area contributed by atoms with Crippen LogP contribution in [0.1, 0.15) is 38.5 Å². The van der Waals surface area contributed by atoms with Gasteiger partial charge in [-0.15, -0.1) is 0 Å². The molecule has 4 unspecified atom stereocenters. The number of carbonyl (C=O) groups is 2. The summed E-state index contributed by atoms with van der Waals surface area (Å²) in [6, 6.07) is 0. The normalized spacial score (nSPS) is 43.6. The number of ether oxygens (including phenoxy) is 1. The zero-order chi connectivity index (χ0) is 15.3. The Morgan fingerprint density at radius 1 is 1.19 bits per heavy atom.